The summed E-state index contributed by atoms with van der Waals surface area (Å²) in [5.74, 6) is 0.691. The summed E-state index contributed by atoms with van der Waals surface area (Å²) in [5.41, 5.74) is 5.30. The van der Waals surface area contributed by atoms with Gasteiger partial charge in [-0.15, -0.1) is 0 Å². The van der Waals surface area contributed by atoms with Crippen molar-refractivity contribution in [2.24, 2.45) is 0 Å². The van der Waals surface area contributed by atoms with E-state index in [9.17, 15) is 4.79 Å². The number of benzene rings is 2. The van der Waals surface area contributed by atoms with Gasteiger partial charge < -0.3 is 10.2 Å². The molecule has 26 heavy (non-hydrogen) atoms. The zero-order chi connectivity index (χ0) is 17.8. The molecule has 2 atom stereocenters. The number of anilines is 1. The van der Waals surface area contributed by atoms with Crippen molar-refractivity contribution in [2.45, 2.75) is 31.2 Å². The monoisotopic (exact) mass is 386 g/mol. The van der Waals surface area contributed by atoms with Crippen molar-refractivity contribution >= 4 is 34.7 Å². The van der Waals surface area contributed by atoms with Gasteiger partial charge in [0.1, 0.15) is 0 Å². The molecule has 3 nitrogen and oxygen atoms in total. The summed E-state index contributed by atoms with van der Waals surface area (Å²) < 4.78 is 0. The Balaban J connectivity index is 1.73. The lowest BCUT2D eigenvalue weighted by Gasteiger charge is -2.33. The minimum Gasteiger partial charge on any atom is -0.367 e. The first kappa shape index (κ1) is 16.6. The van der Waals surface area contributed by atoms with Gasteiger partial charge in [-0.3, -0.25) is 4.79 Å². The van der Waals surface area contributed by atoms with Crippen molar-refractivity contribution in [3.63, 3.8) is 0 Å². The lowest BCUT2D eigenvalue weighted by atomic mass is 9.86. The molecule has 3 aliphatic heterocycles. The molecule has 0 bridgehead atoms. The van der Waals surface area contributed by atoms with Crippen LogP contribution in [0.15, 0.2) is 30.3 Å². The van der Waals surface area contributed by atoms with Crippen LogP contribution in [0.1, 0.15) is 41.1 Å². The molecule has 1 N–H and O–H groups in total. The topological polar surface area (TPSA) is 32.3 Å². The van der Waals surface area contributed by atoms with E-state index in [0.717, 1.165) is 49.2 Å². The van der Waals surface area contributed by atoms with E-state index >= 15 is 0 Å². The summed E-state index contributed by atoms with van der Waals surface area (Å²) in [6.07, 6.45) is 2.68. The molecule has 0 amide bonds. The van der Waals surface area contributed by atoms with Crippen LogP contribution in [-0.4, -0.2) is 31.5 Å². The van der Waals surface area contributed by atoms with E-state index in [1.165, 1.54) is 11.3 Å². The lowest BCUT2D eigenvalue weighted by Crippen LogP contribution is -2.44. The number of nitrogens with zero attached hydrogens (tertiary/aromatic N) is 1. The Labute approximate surface area is 163 Å². The van der Waals surface area contributed by atoms with Crippen LogP contribution in [0.3, 0.4) is 0 Å². The largest absolute Gasteiger partial charge is 0.367 e. The number of Topliss-reactive ketones (excluding diaryl/α,β-unsaturated/α-hetero) is 1. The Hall–Kier alpha value is -1.55. The first-order valence-electron chi connectivity index (χ1n) is 9.27. The number of ketones is 1. The zero-order valence-corrected chi connectivity index (χ0v) is 15.9. The minimum absolute atomic E-state index is 0.252. The van der Waals surface area contributed by atoms with Crippen LogP contribution in [0, 0.1) is 0 Å². The van der Waals surface area contributed by atoms with Gasteiger partial charge >= 0.3 is 0 Å². The molecule has 1 fully saturated rings. The van der Waals surface area contributed by atoms with E-state index in [0.29, 0.717) is 28.4 Å². The molecule has 0 spiro atoms. The number of carbonyl (C=O) groups excluding carboxylic acids is 1. The number of halogens is 2. The Morgan fingerprint density at radius 3 is 2.85 bits per heavy atom. The van der Waals surface area contributed by atoms with Crippen LogP contribution < -0.4 is 10.2 Å². The molecule has 3 aliphatic rings. The molecule has 2 aromatic carbocycles. The van der Waals surface area contributed by atoms with E-state index in [1.807, 2.05) is 18.2 Å². The molecule has 0 saturated carbocycles. The van der Waals surface area contributed by atoms with Crippen molar-refractivity contribution in [3.8, 4) is 11.1 Å². The van der Waals surface area contributed by atoms with Gasteiger partial charge in [-0.1, -0.05) is 29.3 Å². The molecular formula is C21H20Cl2N2O. The molecule has 5 heteroatoms. The summed E-state index contributed by atoms with van der Waals surface area (Å²) >= 11 is 12.5. The lowest BCUT2D eigenvalue weighted by molar-refractivity contribution is 0.0983. The summed E-state index contributed by atoms with van der Waals surface area (Å²) in [6.45, 7) is 3.00. The molecule has 0 aliphatic carbocycles. The summed E-state index contributed by atoms with van der Waals surface area (Å²) in [5, 5.41) is 4.78. The number of hydrogen-bond donors (Lipinski definition) is 1. The molecular weight excluding hydrogens is 367 g/mol. The maximum atomic E-state index is 12.9. The number of carbonyl (C=O) groups is 1. The van der Waals surface area contributed by atoms with Gasteiger partial charge in [0, 0.05) is 52.6 Å². The molecule has 1 saturated heterocycles. The zero-order valence-electron chi connectivity index (χ0n) is 14.4. The highest BCUT2D eigenvalue weighted by Gasteiger charge is 2.43. The fraction of sp³-hybridized carbons (Fsp3) is 0.381. The summed E-state index contributed by atoms with van der Waals surface area (Å²) in [7, 11) is 0. The van der Waals surface area contributed by atoms with Crippen LogP contribution in [0.2, 0.25) is 10.0 Å². The van der Waals surface area contributed by atoms with Crippen molar-refractivity contribution < 1.29 is 4.79 Å². The Morgan fingerprint density at radius 1 is 1.12 bits per heavy atom. The number of hydrogen-bond acceptors (Lipinski definition) is 3. The minimum atomic E-state index is 0.252. The van der Waals surface area contributed by atoms with Gasteiger partial charge in [0.25, 0.3) is 0 Å². The third-order valence-corrected chi connectivity index (χ3v) is 6.57. The molecule has 3 heterocycles. The third-order valence-electron chi connectivity index (χ3n) is 6.02. The van der Waals surface area contributed by atoms with E-state index in [-0.39, 0.29) is 5.78 Å². The van der Waals surface area contributed by atoms with E-state index in [4.69, 9.17) is 23.2 Å². The maximum absolute atomic E-state index is 12.9. The predicted molar refractivity (Wildman–Crippen MR) is 107 cm³/mol. The first-order chi connectivity index (χ1) is 12.6. The van der Waals surface area contributed by atoms with Crippen molar-refractivity contribution in [1.82, 2.24) is 5.32 Å². The quantitative estimate of drug-likeness (QED) is 0.755. The van der Waals surface area contributed by atoms with Gasteiger partial charge in [0.05, 0.1) is 5.69 Å². The van der Waals surface area contributed by atoms with Gasteiger partial charge in [0.2, 0.25) is 0 Å². The highest BCUT2D eigenvalue weighted by molar-refractivity contribution is 6.36. The second kappa shape index (κ2) is 6.26. The van der Waals surface area contributed by atoms with Crippen molar-refractivity contribution in [3.05, 3.63) is 51.5 Å². The number of rotatable bonds is 1. The Kier molecular flexibility index (Phi) is 4.00. The van der Waals surface area contributed by atoms with Gasteiger partial charge in [-0.2, -0.15) is 0 Å². The summed E-state index contributed by atoms with van der Waals surface area (Å²) in [6, 6.07) is 10.4. The molecule has 0 unspecified atom stereocenters. The molecule has 5 rings (SSSR count). The van der Waals surface area contributed by atoms with Gasteiger partial charge in [-0.05, 0) is 54.8 Å². The average molecular weight is 387 g/mol. The van der Waals surface area contributed by atoms with Gasteiger partial charge in [0.15, 0.2) is 5.78 Å². The van der Waals surface area contributed by atoms with Crippen LogP contribution in [0.25, 0.3) is 11.1 Å². The van der Waals surface area contributed by atoms with Crippen molar-refractivity contribution in [2.75, 3.05) is 24.5 Å². The fourth-order valence-electron chi connectivity index (χ4n) is 4.87. The second-order valence-electron chi connectivity index (χ2n) is 7.47. The van der Waals surface area contributed by atoms with Crippen LogP contribution in [-0.2, 0) is 0 Å². The van der Waals surface area contributed by atoms with E-state index in [2.05, 4.69) is 16.3 Å². The Bertz CT molecular complexity index is 911. The van der Waals surface area contributed by atoms with Gasteiger partial charge in [-0.25, -0.2) is 0 Å². The van der Waals surface area contributed by atoms with Crippen LogP contribution in [0.4, 0.5) is 5.69 Å². The standard InChI is InChI=1S/C21H20Cl2N2O/c22-13-3-4-14(18(23)10-13)12-8-15-17-11-24-6-5-19(17)25-7-1-2-20(26)16(9-12)21(15)25/h3-4,8-10,17,19,24H,1-2,5-7,11H2/t17-,19-/m1/s1. The van der Waals surface area contributed by atoms with E-state index < -0.39 is 0 Å². The average Bonchev–Trinajstić information content (AvgIpc) is 2.84. The maximum Gasteiger partial charge on any atom is 0.165 e. The SMILES string of the molecule is O=C1CCCN2c3c1cc(-c1ccc(Cl)cc1Cl)cc3[C@H]1CNCC[C@H]12. The first-order valence-corrected chi connectivity index (χ1v) is 10.0. The van der Waals surface area contributed by atoms with Crippen LogP contribution >= 0.6 is 23.2 Å². The van der Waals surface area contributed by atoms with Crippen molar-refractivity contribution in [1.29, 1.82) is 0 Å². The fourth-order valence-corrected chi connectivity index (χ4v) is 5.39. The molecule has 134 valence electrons. The molecule has 2 aromatic rings. The smallest absolute Gasteiger partial charge is 0.165 e. The normalized spacial score (nSPS) is 24.2. The summed E-state index contributed by atoms with van der Waals surface area (Å²) in [4.78, 5) is 15.4. The van der Waals surface area contributed by atoms with E-state index in [1.54, 1.807) is 6.07 Å². The van der Waals surface area contributed by atoms with Crippen LogP contribution in [0.5, 0.6) is 0 Å². The highest BCUT2D eigenvalue weighted by Crippen LogP contribution is 2.49. The second-order valence-corrected chi connectivity index (χ2v) is 8.32. The Morgan fingerprint density at radius 2 is 2.00 bits per heavy atom. The molecule has 0 aromatic heterocycles. The number of fused-ring (bicyclic) bond motifs is 3. The third kappa shape index (κ3) is 2.49. The predicted octanol–water partition coefficient (Wildman–Crippen LogP) is 4.90. The number of nitrogens with one attached hydrogen (secondary N) is 1. The molecule has 0 radical (unpaired) electrons. The highest BCUT2D eigenvalue weighted by atomic mass is 35.5. The number of piperidine rings is 1.